The van der Waals surface area contributed by atoms with Crippen molar-refractivity contribution >= 4 is 29.3 Å². The number of anilines is 1. The van der Waals surface area contributed by atoms with Crippen LogP contribution in [0.5, 0.6) is 0 Å². The summed E-state index contributed by atoms with van der Waals surface area (Å²) >= 11 is 1.55. The number of nitrogens with zero attached hydrogens (tertiary/aromatic N) is 1. The van der Waals surface area contributed by atoms with Crippen LogP contribution in [0.1, 0.15) is 20.8 Å². The van der Waals surface area contributed by atoms with E-state index in [2.05, 4.69) is 17.6 Å². The van der Waals surface area contributed by atoms with Crippen molar-refractivity contribution in [3.63, 3.8) is 0 Å². The molecule has 1 aliphatic heterocycles. The number of amides is 2. The summed E-state index contributed by atoms with van der Waals surface area (Å²) in [6.07, 6.45) is 0. The van der Waals surface area contributed by atoms with Gasteiger partial charge in [0.25, 0.3) is 0 Å². The van der Waals surface area contributed by atoms with Crippen molar-refractivity contribution in [3.05, 3.63) is 24.3 Å². The van der Waals surface area contributed by atoms with Crippen LogP contribution in [-0.2, 0) is 9.59 Å². The molecule has 0 aromatic heterocycles. The zero-order valence-corrected chi connectivity index (χ0v) is 14.1. The summed E-state index contributed by atoms with van der Waals surface area (Å²) in [5.74, 6) is 0.0987. The van der Waals surface area contributed by atoms with Crippen molar-refractivity contribution < 1.29 is 9.59 Å². The second kappa shape index (κ2) is 7.65. The molecule has 1 aromatic rings. The Bertz CT molecular complexity index is 533. The summed E-state index contributed by atoms with van der Waals surface area (Å²) in [7, 11) is 0. The summed E-state index contributed by atoms with van der Waals surface area (Å²) in [4.78, 5) is 26.5. The minimum Gasteiger partial charge on any atom is -0.336 e. The smallest absolute Gasteiger partial charge is 0.236 e. The van der Waals surface area contributed by atoms with E-state index in [4.69, 9.17) is 0 Å². The highest BCUT2D eigenvalue weighted by Crippen LogP contribution is 2.26. The van der Waals surface area contributed by atoms with E-state index >= 15 is 0 Å². The van der Waals surface area contributed by atoms with E-state index in [0.29, 0.717) is 0 Å². The minimum absolute atomic E-state index is 0.0864. The molecule has 2 atom stereocenters. The third kappa shape index (κ3) is 4.48. The predicted molar refractivity (Wildman–Crippen MR) is 90.1 cm³/mol. The molecule has 120 valence electrons. The fourth-order valence-corrected chi connectivity index (χ4v) is 3.41. The van der Waals surface area contributed by atoms with E-state index < -0.39 is 0 Å². The molecular formula is C16H23N3O2S. The Balaban J connectivity index is 1.94. The number of hydrogen-bond acceptors (Lipinski definition) is 4. The fraction of sp³-hybridized carbons (Fsp3) is 0.500. The first-order valence-electron chi connectivity index (χ1n) is 7.53. The van der Waals surface area contributed by atoms with Gasteiger partial charge in [-0.2, -0.15) is 0 Å². The second-order valence-electron chi connectivity index (χ2n) is 5.55. The van der Waals surface area contributed by atoms with Gasteiger partial charge in [-0.1, -0.05) is 0 Å². The highest BCUT2D eigenvalue weighted by molar-refractivity contribution is 8.00. The zero-order chi connectivity index (χ0) is 16.1. The molecule has 1 heterocycles. The Morgan fingerprint density at radius 1 is 1.36 bits per heavy atom. The van der Waals surface area contributed by atoms with Gasteiger partial charge in [-0.25, -0.2) is 0 Å². The first-order valence-corrected chi connectivity index (χ1v) is 8.41. The van der Waals surface area contributed by atoms with Crippen molar-refractivity contribution in [2.24, 2.45) is 0 Å². The summed E-state index contributed by atoms with van der Waals surface area (Å²) in [6.45, 7) is 7.99. The zero-order valence-electron chi connectivity index (χ0n) is 13.3. The van der Waals surface area contributed by atoms with Crippen molar-refractivity contribution in [1.82, 2.24) is 10.2 Å². The van der Waals surface area contributed by atoms with Gasteiger partial charge in [0, 0.05) is 43.2 Å². The molecule has 2 N–H and O–H groups in total. The Morgan fingerprint density at radius 3 is 2.64 bits per heavy atom. The minimum atomic E-state index is -0.118. The molecule has 1 fully saturated rings. The molecule has 0 spiro atoms. The van der Waals surface area contributed by atoms with Gasteiger partial charge in [0.1, 0.15) is 0 Å². The maximum atomic E-state index is 12.5. The Morgan fingerprint density at radius 2 is 2.05 bits per heavy atom. The third-order valence-electron chi connectivity index (χ3n) is 3.62. The van der Waals surface area contributed by atoms with Gasteiger partial charge in [-0.15, -0.1) is 11.8 Å². The van der Waals surface area contributed by atoms with Crippen molar-refractivity contribution in [2.45, 2.75) is 37.0 Å². The lowest BCUT2D eigenvalue weighted by Gasteiger charge is -2.35. The van der Waals surface area contributed by atoms with E-state index in [9.17, 15) is 9.59 Å². The lowest BCUT2D eigenvalue weighted by Crippen LogP contribution is -2.54. The number of piperazine rings is 1. The van der Waals surface area contributed by atoms with E-state index in [1.807, 2.05) is 36.1 Å². The molecule has 0 bridgehead atoms. The summed E-state index contributed by atoms with van der Waals surface area (Å²) in [6, 6.07) is 7.82. The van der Waals surface area contributed by atoms with Gasteiger partial charge in [-0.05, 0) is 38.1 Å². The number of hydrogen-bond donors (Lipinski definition) is 2. The van der Waals surface area contributed by atoms with Crippen LogP contribution in [0.15, 0.2) is 29.2 Å². The van der Waals surface area contributed by atoms with Gasteiger partial charge in [0.05, 0.1) is 5.25 Å². The van der Waals surface area contributed by atoms with Gasteiger partial charge < -0.3 is 15.5 Å². The molecule has 6 heteroatoms. The summed E-state index contributed by atoms with van der Waals surface area (Å²) < 4.78 is 0. The molecule has 1 aromatic carbocycles. The summed E-state index contributed by atoms with van der Waals surface area (Å²) in [5, 5.41) is 5.91. The second-order valence-corrected chi connectivity index (χ2v) is 6.96. The number of carbonyl (C=O) groups is 2. The van der Waals surface area contributed by atoms with Crippen LogP contribution in [0.25, 0.3) is 0 Å². The first kappa shape index (κ1) is 16.8. The highest BCUT2D eigenvalue weighted by atomic mass is 32.2. The van der Waals surface area contributed by atoms with Crippen molar-refractivity contribution in [3.8, 4) is 0 Å². The quantitative estimate of drug-likeness (QED) is 0.832. The van der Waals surface area contributed by atoms with Gasteiger partial charge in [0.2, 0.25) is 11.8 Å². The molecule has 0 radical (unpaired) electrons. The maximum Gasteiger partial charge on any atom is 0.236 e. The molecule has 0 saturated carbocycles. The van der Waals surface area contributed by atoms with Crippen LogP contribution in [0.4, 0.5) is 5.69 Å². The number of benzene rings is 1. The Kier molecular flexibility index (Phi) is 5.85. The average molecular weight is 321 g/mol. The molecule has 2 amide bonds. The molecule has 22 heavy (non-hydrogen) atoms. The van der Waals surface area contributed by atoms with Gasteiger partial charge in [0.15, 0.2) is 0 Å². The molecule has 2 rings (SSSR count). The first-order chi connectivity index (χ1) is 10.5. The van der Waals surface area contributed by atoms with E-state index in [1.165, 1.54) is 6.92 Å². The standard InChI is InChI=1S/C16H23N3O2S/c1-11-10-17-8-9-19(11)16(21)12(2)22-15-6-4-14(5-7-15)18-13(3)20/h4-7,11-12,17H,8-10H2,1-3H3,(H,18,20)/t11-,12?/m0/s1. The average Bonchev–Trinajstić information content (AvgIpc) is 2.48. The summed E-state index contributed by atoms with van der Waals surface area (Å²) in [5.41, 5.74) is 0.770. The van der Waals surface area contributed by atoms with Gasteiger partial charge >= 0.3 is 0 Å². The van der Waals surface area contributed by atoms with Gasteiger partial charge in [-0.3, -0.25) is 9.59 Å². The number of nitrogens with one attached hydrogen (secondary N) is 2. The largest absolute Gasteiger partial charge is 0.336 e. The van der Waals surface area contributed by atoms with E-state index in [1.54, 1.807) is 11.8 Å². The van der Waals surface area contributed by atoms with E-state index in [-0.39, 0.29) is 23.1 Å². The molecular weight excluding hydrogens is 298 g/mol. The molecule has 1 aliphatic rings. The number of carbonyl (C=O) groups excluding carboxylic acids is 2. The van der Waals surface area contributed by atoms with Crippen molar-refractivity contribution in [2.75, 3.05) is 25.0 Å². The van der Waals surface area contributed by atoms with Crippen LogP contribution in [-0.4, -0.2) is 47.6 Å². The van der Waals surface area contributed by atoms with Crippen LogP contribution < -0.4 is 10.6 Å². The topological polar surface area (TPSA) is 61.4 Å². The number of thioether (sulfide) groups is 1. The van der Waals surface area contributed by atoms with Crippen LogP contribution in [0.2, 0.25) is 0 Å². The molecule has 0 aliphatic carbocycles. The van der Waals surface area contributed by atoms with Crippen LogP contribution in [0, 0.1) is 0 Å². The molecule has 1 unspecified atom stereocenters. The van der Waals surface area contributed by atoms with Crippen LogP contribution >= 0.6 is 11.8 Å². The highest BCUT2D eigenvalue weighted by Gasteiger charge is 2.27. The lowest BCUT2D eigenvalue weighted by molar-refractivity contribution is -0.133. The third-order valence-corrected chi connectivity index (χ3v) is 4.72. The maximum absolute atomic E-state index is 12.5. The fourth-order valence-electron chi connectivity index (χ4n) is 2.48. The predicted octanol–water partition coefficient (Wildman–Crippen LogP) is 1.95. The Labute approximate surface area is 135 Å². The lowest BCUT2D eigenvalue weighted by atomic mass is 10.2. The Hall–Kier alpha value is -1.53. The molecule has 1 saturated heterocycles. The van der Waals surface area contributed by atoms with Crippen molar-refractivity contribution in [1.29, 1.82) is 0 Å². The normalized spacial score (nSPS) is 19.6. The molecule has 5 nitrogen and oxygen atoms in total. The monoisotopic (exact) mass is 321 g/mol. The SMILES string of the molecule is CC(=O)Nc1ccc(SC(C)C(=O)N2CCNC[C@@H]2C)cc1. The van der Waals surface area contributed by atoms with E-state index in [0.717, 1.165) is 30.2 Å². The van der Waals surface area contributed by atoms with Crippen LogP contribution in [0.3, 0.4) is 0 Å². The number of rotatable bonds is 4.